The van der Waals surface area contributed by atoms with E-state index in [1.807, 2.05) is 35.2 Å². The number of para-hydroxylation sites is 1. The van der Waals surface area contributed by atoms with Crippen LogP contribution in [0.25, 0.3) is 0 Å². The van der Waals surface area contributed by atoms with Gasteiger partial charge in [-0.1, -0.05) is 18.2 Å². The van der Waals surface area contributed by atoms with E-state index in [9.17, 15) is 4.79 Å². The first-order valence-electron chi connectivity index (χ1n) is 6.40. The number of aldehydes is 1. The van der Waals surface area contributed by atoms with Crippen LogP contribution in [0.3, 0.4) is 0 Å². The van der Waals surface area contributed by atoms with Gasteiger partial charge in [0.15, 0.2) is 6.29 Å². The van der Waals surface area contributed by atoms with Crippen molar-refractivity contribution in [3.8, 4) is 6.07 Å². The minimum atomic E-state index is 0.410. The van der Waals surface area contributed by atoms with Gasteiger partial charge in [-0.25, -0.2) is 0 Å². The first-order chi connectivity index (χ1) is 9.85. The summed E-state index contributed by atoms with van der Waals surface area (Å²) in [6.07, 6.45) is 4.77. The topological polar surface area (TPSA) is 57.0 Å². The van der Waals surface area contributed by atoms with Gasteiger partial charge in [-0.15, -0.1) is 0 Å². The zero-order valence-corrected chi connectivity index (χ0v) is 11.1. The Morgan fingerprint density at radius 1 is 1.25 bits per heavy atom. The van der Waals surface area contributed by atoms with Gasteiger partial charge in [-0.3, -0.25) is 9.78 Å². The Morgan fingerprint density at radius 2 is 2.10 bits per heavy atom. The maximum absolute atomic E-state index is 11.2. The molecule has 100 valence electrons. The average molecular weight is 265 g/mol. The van der Waals surface area contributed by atoms with Crippen molar-refractivity contribution in [3.63, 3.8) is 0 Å². The summed E-state index contributed by atoms with van der Waals surface area (Å²) >= 11 is 0. The molecule has 1 aromatic heterocycles. The maximum atomic E-state index is 11.2. The van der Waals surface area contributed by atoms with E-state index < -0.39 is 0 Å². The van der Waals surface area contributed by atoms with Gasteiger partial charge in [-0.05, 0) is 23.8 Å². The molecule has 0 unspecified atom stereocenters. The molecule has 2 aromatic rings. The van der Waals surface area contributed by atoms with Crippen molar-refractivity contribution in [3.05, 3.63) is 59.9 Å². The van der Waals surface area contributed by atoms with Crippen molar-refractivity contribution >= 4 is 12.0 Å². The third kappa shape index (κ3) is 3.42. The molecule has 0 spiro atoms. The molecule has 1 aromatic carbocycles. The van der Waals surface area contributed by atoms with Crippen LogP contribution in [0.15, 0.2) is 48.8 Å². The smallest absolute Gasteiger partial charge is 0.152 e. The highest BCUT2D eigenvalue weighted by Gasteiger charge is 2.11. The fourth-order valence-electron chi connectivity index (χ4n) is 2.06. The molecule has 0 atom stereocenters. The molecule has 1 heterocycles. The molecule has 0 bridgehead atoms. The van der Waals surface area contributed by atoms with Crippen molar-refractivity contribution in [1.29, 1.82) is 5.26 Å². The van der Waals surface area contributed by atoms with Gasteiger partial charge in [-0.2, -0.15) is 5.26 Å². The summed E-state index contributed by atoms with van der Waals surface area (Å²) in [5.74, 6) is 0. The quantitative estimate of drug-likeness (QED) is 0.754. The fourth-order valence-corrected chi connectivity index (χ4v) is 2.06. The lowest BCUT2D eigenvalue weighted by Crippen LogP contribution is -2.24. The molecule has 0 amide bonds. The molecule has 0 saturated heterocycles. The van der Waals surface area contributed by atoms with Crippen LogP contribution < -0.4 is 4.90 Å². The molecule has 0 aliphatic rings. The number of pyridine rings is 1. The van der Waals surface area contributed by atoms with Crippen molar-refractivity contribution in [2.45, 2.75) is 13.0 Å². The summed E-state index contributed by atoms with van der Waals surface area (Å²) in [4.78, 5) is 17.3. The third-order valence-electron chi connectivity index (χ3n) is 2.99. The number of nitriles is 1. The molecule has 0 aliphatic heterocycles. The first-order valence-corrected chi connectivity index (χ1v) is 6.40. The number of rotatable bonds is 6. The summed E-state index contributed by atoms with van der Waals surface area (Å²) in [6.45, 7) is 1.20. The summed E-state index contributed by atoms with van der Waals surface area (Å²) in [5.41, 5.74) is 2.53. The van der Waals surface area contributed by atoms with Gasteiger partial charge in [0.05, 0.1) is 12.5 Å². The molecule has 0 fully saturated rings. The molecular formula is C16H15N3O. The highest BCUT2D eigenvalue weighted by Crippen LogP contribution is 2.21. The highest BCUT2D eigenvalue weighted by atomic mass is 16.1. The summed E-state index contributed by atoms with van der Waals surface area (Å²) in [7, 11) is 0. The normalized spacial score (nSPS) is 9.75. The zero-order valence-electron chi connectivity index (χ0n) is 11.1. The van der Waals surface area contributed by atoms with Crippen LogP contribution in [0.1, 0.15) is 22.3 Å². The Morgan fingerprint density at radius 3 is 2.80 bits per heavy atom. The number of hydrogen-bond donors (Lipinski definition) is 0. The van der Waals surface area contributed by atoms with E-state index in [0.717, 1.165) is 17.5 Å². The Hall–Kier alpha value is -2.67. The molecule has 0 saturated carbocycles. The van der Waals surface area contributed by atoms with E-state index in [-0.39, 0.29) is 0 Å². The van der Waals surface area contributed by atoms with E-state index in [2.05, 4.69) is 11.1 Å². The van der Waals surface area contributed by atoms with Crippen LogP contribution >= 0.6 is 0 Å². The van der Waals surface area contributed by atoms with E-state index in [1.54, 1.807) is 18.5 Å². The molecule has 0 N–H and O–H groups in total. The van der Waals surface area contributed by atoms with Crippen molar-refractivity contribution in [1.82, 2.24) is 4.98 Å². The third-order valence-corrected chi connectivity index (χ3v) is 2.99. The molecular weight excluding hydrogens is 250 g/mol. The predicted octanol–water partition coefficient (Wildman–Crippen LogP) is 2.81. The minimum absolute atomic E-state index is 0.410. The molecule has 4 nitrogen and oxygen atoms in total. The monoisotopic (exact) mass is 265 g/mol. The second kappa shape index (κ2) is 7.05. The van der Waals surface area contributed by atoms with Gasteiger partial charge >= 0.3 is 0 Å². The number of nitrogens with zero attached hydrogens (tertiary/aromatic N) is 3. The lowest BCUT2D eigenvalue weighted by Gasteiger charge is -2.25. The first kappa shape index (κ1) is 13.8. The van der Waals surface area contributed by atoms with Crippen LogP contribution in [-0.2, 0) is 6.54 Å². The van der Waals surface area contributed by atoms with E-state index in [0.29, 0.717) is 25.1 Å². The molecule has 0 aliphatic carbocycles. The number of hydrogen-bond acceptors (Lipinski definition) is 4. The van der Waals surface area contributed by atoms with Gasteiger partial charge in [0.2, 0.25) is 0 Å². The number of aromatic nitrogens is 1. The van der Waals surface area contributed by atoms with Crippen LogP contribution in [0.4, 0.5) is 5.69 Å². The number of carbonyl (C=O) groups excluding carboxylic acids is 1. The van der Waals surface area contributed by atoms with Gasteiger partial charge in [0, 0.05) is 36.7 Å². The predicted molar refractivity (Wildman–Crippen MR) is 77.3 cm³/mol. The van der Waals surface area contributed by atoms with Crippen LogP contribution in [0, 0.1) is 11.3 Å². The van der Waals surface area contributed by atoms with E-state index in [1.165, 1.54) is 0 Å². The van der Waals surface area contributed by atoms with Gasteiger partial charge in [0.25, 0.3) is 0 Å². The number of anilines is 1. The largest absolute Gasteiger partial charge is 0.366 e. The minimum Gasteiger partial charge on any atom is -0.366 e. The summed E-state index contributed by atoms with van der Waals surface area (Å²) < 4.78 is 0. The standard InChI is InChI=1S/C16H15N3O/c17-8-4-10-19(12-14-5-3-9-18-11-14)16-7-2-1-6-15(16)13-20/h1-3,5-7,9,11,13H,4,10,12H2. The molecule has 4 heteroatoms. The molecule has 0 radical (unpaired) electrons. The van der Waals surface area contributed by atoms with Crippen LogP contribution in [0.2, 0.25) is 0 Å². The Bertz CT molecular complexity index is 605. The van der Waals surface area contributed by atoms with Crippen molar-refractivity contribution in [2.75, 3.05) is 11.4 Å². The molecule has 2 rings (SSSR count). The lowest BCUT2D eigenvalue weighted by molar-refractivity contribution is 0.112. The summed E-state index contributed by atoms with van der Waals surface area (Å²) in [6, 6.07) is 13.4. The van der Waals surface area contributed by atoms with Crippen molar-refractivity contribution in [2.24, 2.45) is 0 Å². The van der Waals surface area contributed by atoms with Gasteiger partial charge < -0.3 is 4.90 Å². The SMILES string of the molecule is N#CCCN(Cc1cccnc1)c1ccccc1C=O. The summed E-state index contributed by atoms with van der Waals surface area (Å²) in [5, 5.41) is 8.80. The second-order valence-corrected chi connectivity index (χ2v) is 4.37. The zero-order chi connectivity index (χ0) is 14.2. The second-order valence-electron chi connectivity index (χ2n) is 4.37. The number of benzene rings is 1. The molecule has 20 heavy (non-hydrogen) atoms. The Balaban J connectivity index is 2.27. The van der Waals surface area contributed by atoms with Gasteiger partial charge in [0.1, 0.15) is 0 Å². The maximum Gasteiger partial charge on any atom is 0.152 e. The van der Waals surface area contributed by atoms with E-state index >= 15 is 0 Å². The Kier molecular flexibility index (Phi) is 4.85. The number of carbonyl (C=O) groups is 1. The van der Waals surface area contributed by atoms with Crippen LogP contribution in [0.5, 0.6) is 0 Å². The van der Waals surface area contributed by atoms with Crippen LogP contribution in [-0.4, -0.2) is 17.8 Å². The Labute approximate surface area is 118 Å². The fraction of sp³-hybridized carbons (Fsp3) is 0.188. The highest BCUT2D eigenvalue weighted by molar-refractivity contribution is 5.84. The van der Waals surface area contributed by atoms with E-state index in [4.69, 9.17) is 5.26 Å². The average Bonchev–Trinajstić information content (AvgIpc) is 2.52. The van der Waals surface area contributed by atoms with Crippen molar-refractivity contribution < 1.29 is 4.79 Å². The lowest BCUT2D eigenvalue weighted by atomic mass is 10.1.